The van der Waals surface area contributed by atoms with Crippen LogP contribution in [-0.2, 0) is 0 Å². The minimum Gasteiger partial charge on any atom is -0.497 e. The van der Waals surface area contributed by atoms with Crippen LogP contribution in [0.15, 0.2) is 30.3 Å². The Hall–Kier alpha value is -0.840. The van der Waals surface area contributed by atoms with Crippen LogP contribution in [0.1, 0.15) is 0 Å². The van der Waals surface area contributed by atoms with Gasteiger partial charge in [-0.1, -0.05) is 6.07 Å². The Kier molecular flexibility index (Phi) is 2.35. The molecule has 0 bridgehead atoms. The fourth-order valence-corrected chi connectivity index (χ4v) is 1.65. The molecule has 1 aromatic carbocycles. The van der Waals surface area contributed by atoms with Gasteiger partial charge in [0.2, 0.25) is 0 Å². The molecule has 0 unspecified atom stereocenters. The lowest BCUT2D eigenvalue weighted by atomic mass is 10.2. The van der Waals surface area contributed by atoms with E-state index in [2.05, 4.69) is 27.6 Å². The third kappa shape index (κ3) is 1.75. The average Bonchev–Trinajstić information content (AvgIpc) is 2.17. The van der Waals surface area contributed by atoms with E-state index in [1.165, 1.54) is 0 Å². The first kappa shape index (κ1) is 8.74. The Morgan fingerprint density at radius 1 is 1.23 bits per heavy atom. The highest BCUT2D eigenvalue weighted by Crippen LogP contribution is 2.19. The summed E-state index contributed by atoms with van der Waals surface area (Å²) in [5.41, 5.74) is 1.01. The Morgan fingerprint density at radius 2 is 2.08 bits per heavy atom. The number of fused-ring (bicyclic) bond motifs is 1. The zero-order valence-corrected chi connectivity index (χ0v) is 9.28. The van der Waals surface area contributed by atoms with E-state index in [1.807, 2.05) is 30.3 Å². The van der Waals surface area contributed by atoms with Gasteiger partial charge in [0, 0.05) is 5.39 Å². The second-order valence-corrected chi connectivity index (χ2v) is 3.80. The number of pyridine rings is 1. The van der Waals surface area contributed by atoms with Crippen LogP contribution in [0.2, 0.25) is 0 Å². The second-order valence-electron chi connectivity index (χ2n) is 2.69. The summed E-state index contributed by atoms with van der Waals surface area (Å²) in [6.07, 6.45) is 0. The number of methoxy groups -OCH3 is 1. The van der Waals surface area contributed by atoms with E-state index >= 15 is 0 Å². The van der Waals surface area contributed by atoms with Crippen LogP contribution < -0.4 is 4.74 Å². The van der Waals surface area contributed by atoms with Gasteiger partial charge in [-0.3, -0.25) is 0 Å². The summed E-state index contributed by atoms with van der Waals surface area (Å²) < 4.78 is 6.13. The maximum absolute atomic E-state index is 5.12. The van der Waals surface area contributed by atoms with Gasteiger partial charge >= 0.3 is 0 Å². The Morgan fingerprint density at radius 3 is 2.85 bits per heavy atom. The fourth-order valence-electron chi connectivity index (χ4n) is 1.21. The molecule has 0 amide bonds. The van der Waals surface area contributed by atoms with E-state index in [1.54, 1.807) is 7.11 Å². The van der Waals surface area contributed by atoms with Crippen LogP contribution in [0.4, 0.5) is 0 Å². The topological polar surface area (TPSA) is 22.1 Å². The standard InChI is InChI=1S/C10H8INO/c1-13-8-3-4-9-7(6-8)2-5-10(11)12-9/h2-6H,1H3. The van der Waals surface area contributed by atoms with Gasteiger partial charge in [0.1, 0.15) is 9.45 Å². The fraction of sp³-hybridized carbons (Fsp3) is 0.100. The van der Waals surface area contributed by atoms with Crippen molar-refractivity contribution in [2.75, 3.05) is 7.11 Å². The van der Waals surface area contributed by atoms with Crippen molar-refractivity contribution in [1.82, 2.24) is 4.98 Å². The van der Waals surface area contributed by atoms with Gasteiger partial charge in [-0.05, 0) is 46.9 Å². The second kappa shape index (κ2) is 3.49. The maximum Gasteiger partial charge on any atom is 0.119 e. The van der Waals surface area contributed by atoms with Crippen molar-refractivity contribution >= 4 is 33.5 Å². The predicted octanol–water partition coefficient (Wildman–Crippen LogP) is 2.85. The number of ether oxygens (including phenoxy) is 1. The van der Waals surface area contributed by atoms with E-state index in [9.17, 15) is 0 Å². The van der Waals surface area contributed by atoms with Crippen LogP contribution in [0.3, 0.4) is 0 Å². The van der Waals surface area contributed by atoms with Crippen molar-refractivity contribution in [3.8, 4) is 5.75 Å². The quantitative estimate of drug-likeness (QED) is 0.593. The molecule has 0 aliphatic rings. The number of nitrogens with zero attached hydrogens (tertiary/aromatic N) is 1. The molecular formula is C10H8INO. The molecule has 0 N–H and O–H groups in total. The van der Waals surface area contributed by atoms with Crippen molar-refractivity contribution in [3.05, 3.63) is 34.0 Å². The first-order valence-corrected chi connectivity index (χ1v) is 4.98. The zero-order chi connectivity index (χ0) is 9.26. The third-order valence-electron chi connectivity index (χ3n) is 1.86. The number of hydrogen-bond donors (Lipinski definition) is 0. The van der Waals surface area contributed by atoms with Gasteiger partial charge in [0.25, 0.3) is 0 Å². The van der Waals surface area contributed by atoms with Gasteiger partial charge in [-0.15, -0.1) is 0 Å². The van der Waals surface area contributed by atoms with E-state index in [0.717, 1.165) is 20.4 Å². The van der Waals surface area contributed by atoms with Crippen LogP contribution in [0.5, 0.6) is 5.75 Å². The van der Waals surface area contributed by atoms with Crippen LogP contribution in [-0.4, -0.2) is 12.1 Å². The lowest BCUT2D eigenvalue weighted by Crippen LogP contribution is -1.85. The molecule has 2 rings (SSSR count). The van der Waals surface area contributed by atoms with Crippen LogP contribution >= 0.6 is 22.6 Å². The minimum absolute atomic E-state index is 0.871. The number of rotatable bonds is 1. The first-order chi connectivity index (χ1) is 6.29. The molecule has 0 atom stereocenters. The molecule has 3 heteroatoms. The summed E-state index contributed by atoms with van der Waals surface area (Å²) in [5, 5.41) is 1.11. The molecule has 2 aromatic rings. The van der Waals surface area contributed by atoms with Crippen molar-refractivity contribution in [2.45, 2.75) is 0 Å². The normalized spacial score (nSPS) is 10.3. The molecule has 66 valence electrons. The van der Waals surface area contributed by atoms with Gasteiger partial charge in [-0.25, -0.2) is 4.98 Å². The van der Waals surface area contributed by atoms with Crippen molar-refractivity contribution in [3.63, 3.8) is 0 Å². The predicted molar refractivity (Wildman–Crippen MR) is 61.0 cm³/mol. The molecular weight excluding hydrogens is 277 g/mol. The molecule has 0 fully saturated rings. The van der Waals surface area contributed by atoms with Crippen molar-refractivity contribution in [2.24, 2.45) is 0 Å². The number of hydrogen-bond acceptors (Lipinski definition) is 2. The molecule has 0 saturated carbocycles. The van der Waals surface area contributed by atoms with Crippen LogP contribution in [0, 0.1) is 3.70 Å². The average molecular weight is 285 g/mol. The number of halogens is 1. The lowest BCUT2D eigenvalue weighted by Gasteiger charge is -2.01. The summed E-state index contributed by atoms with van der Waals surface area (Å²) in [4.78, 5) is 4.38. The Labute approximate surface area is 90.1 Å². The van der Waals surface area contributed by atoms with Crippen molar-refractivity contribution < 1.29 is 4.74 Å². The van der Waals surface area contributed by atoms with Gasteiger partial charge in [-0.2, -0.15) is 0 Å². The van der Waals surface area contributed by atoms with E-state index in [0.29, 0.717) is 0 Å². The van der Waals surface area contributed by atoms with E-state index in [-0.39, 0.29) is 0 Å². The highest BCUT2D eigenvalue weighted by Gasteiger charge is 1.97. The molecule has 2 nitrogen and oxygen atoms in total. The zero-order valence-electron chi connectivity index (χ0n) is 7.12. The molecule has 0 spiro atoms. The number of benzene rings is 1. The summed E-state index contributed by atoms with van der Waals surface area (Å²) in [5.74, 6) is 0.871. The minimum atomic E-state index is 0.871. The third-order valence-corrected chi connectivity index (χ3v) is 2.46. The van der Waals surface area contributed by atoms with Crippen LogP contribution in [0.25, 0.3) is 10.9 Å². The molecule has 0 aliphatic heterocycles. The van der Waals surface area contributed by atoms with Gasteiger partial charge in [0.05, 0.1) is 12.6 Å². The molecule has 1 heterocycles. The summed E-state index contributed by atoms with van der Waals surface area (Å²) >= 11 is 2.20. The summed E-state index contributed by atoms with van der Waals surface area (Å²) in [6, 6.07) is 9.91. The number of aromatic nitrogens is 1. The SMILES string of the molecule is COc1ccc2nc(I)ccc2c1. The van der Waals surface area contributed by atoms with Gasteiger partial charge in [0.15, 0.2) is 0 Å². The smallest absolute Gasteiger partial charge is 0.119 e. The molecule has 13 heavy (non-hydrogen) atoms. The summed E-state index contributed by atoms with van der Waals surface area (Å²) in [7, 11) is 1.67. The molecule has 0 aliphatic carbocycles. The monoisotopic (exact) mass is 285 g/mol. The highest BCUT2D eigenvalue weighted by molar-refractivity contribution is 14.1. The summed E-state index contributed by atoms with van der Waals surface area (Å²) in [6.45, 7) is 0. The Bertz CT molecular complexity index is 442. The lowest BCUT2D eigenvalue weighted by molar-refractivity contribution is 0.415. The molecule has 0 radical (unpaired) electrons. The Balaban J connectivity index is 2.66. The first-order valence-electron chi connectivity index (χ1n) is 3.90. The molecule has 1 aromatic heterocycles. The highest BCUT2D eigenvalue weighted by atomic mass is 127. The van der Waals surface area contributed by atoms with Crippen molar-refractivity contribution in [1.29, 1.82) is 0 Å². The van der Waals surface area contributed by atoms with Gasteiger partial charge < -0.3 is 4.74 Å². The largest absolute Gasteiger partial charge is 0.497 e. The maximum atomic E-state index is 5.12. The molecule has 0 saturated heterocycles. The van der Waals surface area contributed by atoms with E-state index < -0.39 is 0 Å². The van der Waals surface area contributed by atoms with E-state index in [4.69, 9.17) is 4.74 Å².